The second kappa shape index (κ2) is 9.02. The highest BCUT2D eigenvalue weighted by molar-refractivity contribution is 6.30. The lowest BCUT2D eigenvalue weighted by Crippen LogP contribution is -2.48. The quantitative estimate of drug-likeness (QED) is 0.607. The summed E-state index contributed by atoms with van der Waals surface area (Å²) in [5.41, 5.74) is 4.59. The minimum Gasteiger partial charge on any atom is -0.340 e. The van der Waals surface area contributed by atoms with Crippen LogP contribution >= 0.6 is 11.6 Å². The van der Waals surface area contributed by atoms with Gasteiger partial charge in [-0.25, -0.2) is 4.68 Å². The third kappa shape index (κ3) is 4.57. The van der Waals surface area contributed by atoms with Crippen LogP contribution in [0.5, 0.6) is 0 Å². The predicted octanol–water partition coefficient (Wildman–Crippen LogP) is 3.07. The van der Waals surface area contributed by atoms with Crippen molar-refractivity contribution < 1.29 is 4.79 Å². The molecule has 3 aromatic rings. The average molecular weight is 427 g/mol. The third-order valence-corrected chi connectivity index (χ3v) is 5.90. The first-order valence-electron chi connectivity index (χ1n) is 10.3. The zero-order chi connectivity index (χ0) is 21.1. The van der Waals surface area contributed by atoms with Crippen molar-refractivity contribution in [2.45, 2.75) is 33.4 Å². The van der Waals surface area contributed by atoms with Crippen molar-refractivity contribution in [1.29, 1.82) is 0 Å². The zero-order valence-corrected chi connectivity index (χ0v) is 18.2. The minimum atomic E-state index is 0.172. The van der Waals surface area contributed by atoms with Crippen LogP contribution in [0.3, 0.4) is 0 Å². The molecule has 0 N–H and O–H groups in total. The summed E-state index contributed by atoms with van der Waals surface area (Å²) < 4.78 is 3.73. The van der Waals surface area contributed by atoms with Crippen LogP contribution in [0, 0.1) is 13.8 Å². The number of piperazine rings is 1. The van der Waals surface area contributed by atoms with Crippen LogP contribution in [0.25, 0.3) is 5.69 Å². The van der Waals surface area contributed by atoms with Crippen molar-refractivity contribution >= 4 is 17.5 Å². The van der Waals surface area contributed by atoms with E-state index in [9.17, 15) is 4.79 Å². The van der Waals surface area contributed by atoms with Crippen molar-refractivity contribution in [2.75, 3.05) is 26.2 Å². The smallest absolute Gasteiger partial charge is 0.224 e. The van der Waals surface area contributed by atoms with Crippen molar-refractivity contribution in [3.8, 4) is 5.69 Å². The minimum absolute atomic E-state index is 0.172. The molecule has 0 radical (unpaired) electrons. The molecule has 3 heterocycles. The summed E-state index contributed by atoms with van der Waals surface area (Å²) in [6, 6.07) is 10.2. The number of benzene rings is 1. The Morgan fingerprint density at radius 1 is 1.10 bits per heavy atom. The molecule has 158 valence electrons. The number of carbonyl (C=O) groups is 1. The highest BCUT2D eigenvalue weighted by Crippen LogP contribution is 2.20. The zero-order valence-electron chi connectivity index (χ0n) is 17.5. The topological polar surface area (TPSA) is 59.2 Å². The summed E-state index contributed by atoms with van der Waals surface area (Å²) in [5.74, 6) is 0.172. The molecule has 0 bridgehead atoms. The molecule has 0 saturated carbocycles. The Morgan fingerprint density at radius 3 is 2.50 bits per heavy atom. The Morgan fingerprint density at radius 2 is 1.83 bits per heavy atom. The molecule has 0 aliphatic carbocycles. The second-order valence-corrected chi connectivity index (χ2v) is 8.16. The van der Waals surface area contributed by atoms with E-state index < -0.39 is 0 Å². The van der Waals surface area contributed by atoms with Gasteiger partial charge in [-0.1, -0.05) is 29.8 Å². The summed E-state index contributed by atoms with van der Waals surface area (Å²) in [6.07, 6.45) is 3.78. The molecular formula is C22H27ClN6O. The van der Waals surface area contributed by atoms with Crippen LogP contribution in [-0.2, 0) is 17.9 Å². The van der Waals surface area contributed by atoms with E-state index in [2.05, 4.69) is 36.0 Å². The van der Waals surface area contributed by atoms with Crippen LogP contribution in [0.15, 0.2) is 42.7 Å². The lowest BCUT2D eigenvalue weighted by molar-refractivity contribution is -0.133. The van der Waals surface area contributed by atoms with Gasteiger partial charge in [0, 0.05) is 63.1 Å². The van der Waals surface area contributed by atoms with Crippen LogP contribution in [0.4, 0.5) is 0 Å². The fraction of sp³-hybridized carbons (Fsp3) is 0.409. The van der Waals surface area contributed by atoms with Crippen LogP contribution in [0.1, 0.15) is 23.4 Å². The second-order valence-electron chi connectivity index (χ2n) is 7.73. The summed E-state index contributed by atoms with van der Waals surface area (Å²) in [4.78, 5) is 16.9. The number of para-hydroxylation sites is 1. The van der Waals surface area contributed by atoms with E-state index in [1.807, 2.05) is 27.8 Å². The third-order valence-electron chi connectivity index (χ3n) is 5.71. The standard InChI is InChI=1S/C22H27ClN6O/c1-17-21(18(2)29(25-17)20-6-4-3-5-7-20)16-26-10-12-27(13-11-26)22(30)8-9-28-15-19(23)14-24-28/h3-7,14-15H,8-13,16H2,1-2H3. The molecule has 0 atom stereocenters. The summed E-state index contributed by atoms with van der Waals surface area (Å²) in [7, 11) is 0. The van der Waals surface area contributed by atoms with E-state index in [0.717, 1.165) is 44.1 Å². The number of aromatic nitrogens is 4. The summed E-state index contributed by atoms with van der Waals surface area (Å²) in [5, 5.41) is 9.48. The molecule has 7 nitrogen and oxygen atoms in total. The van der Waals surface area contributed by atoms with Crippen molar-refractivity contribution in [1.82, 2.24) is 29.4 Å². The number of amides is 1. The molecular weight excluding hydrogens is 400 g/mol. The van der Waals surface area contributed by atoms with E-state index in [1.165, 1.54) is 11.3 Å². The normalized spacial score (nSPS) is 15.0. The maximum Gasteiger partial charge on any atom is 0.224 e. The van der Waals surface area contributed by atoms with Gasteiger partial charge in [-0.15, -0.1) is 0 Å². The number of aryl methyl sites for hydroxylation is 2. The fourth-order valence-electron chi connectivity index (χ4n) is 3.93. The molecule has 0 unspecified atom stereocenters. The van der Waals surface area contributed by atoms with Crippen molar-refractivity contribution in [3.63, 3.8) is 0 Å². The number of hydrogen-bond acceptors (Lipinski definition) is 4. The first-order chi connectivity index (χ1) is 14.5. The highest BCUT2D eigenvalue weighted by Gasteiger charge is 2.23. The van der Waals surface area contributed by atoms with Crippen molar-refractivity contribution in [3.05, 3.63) is 64.7 Å². The van der Waals surface area contributed by atoms with Gasteiger partial charge in [0.2, 0.25) is 5.91 Å². The molecule has 1 saturated heterocycles. The van der Waals surface area contributed by atoms with Gasteiger partial charge in [0.05, 0.1) is 22.6 Å². The maximum atomic E-state index is 12.5. The van der Waals surface area contributed by atoms with Gasteiger partial charge < -0.3 is 4.90 Å². The Labute approximate surface area is 181 Å². The van der Waals surface area contributed by atoms with Gasteiger partial charge in [-0.3, -0.25) is 14.4 Å². The molecule has 30 heavy (non-hydrogen) atoms. The first-order valence-corrected chi connectivity index (χ1v) is 10.7. The molecule has 1 fully saturated rings. The molecule has 1 amide bonds. The van der Waals surface area contributed by atoms with E-state index >= 15 is 0 Å². The van der Waals surface area contributed by atoms with Gasteiger partial charge in [-0.05, 0) is 26.0 Å². The Balaban J connectivity index is 1.32. The monoisotopic (exact) mass is 426 g/mol. The van der Waals surface area contributed by atoms with E-state index in [4.69, 9.17) is 16.7 Å². The number of rotatable bonds is 6. The summed E-state index contributed by atoms with van der Waals surface area (Å²) >= 11 is 5.88. The molecule has 0 spiro atoms. The van der Waals surface area contributed by atoms with E-state index in [0.29, 0.717) is 18.0 Å². The number of carbonyl (C=O) groups excluding carboxylic acids is 1. The largest absolute Gasteiger partial charge is 0.340 e. The predicted molar refractivity (Wildman–Crippen MR) is 117 cm³/mol. The molecule has 1 aliphatic heterocycles. The van der Waals surface area contributed by atoms with Crippen molar-refractivity contribution in [2.24, 2.45) is 0 Å². The molecule has 1 aliphatic rings. The number of halogens is 1. The highest BCUT2D eigenvalue weighted by atomic mass is 35.5. The first kappa shape index (κ1) is 20.6. The lowest BCUT2D eigenvalue weighted by Gasteiger charge is -2.34. The summed E-state index contributed by atoms with van der Waals surface area (Å²) in [6.45, 7) is 8.87. The molecule has 8 heteroatoms. The maximum absolute atomic E-state index is 12.5. The van der Waals surface area contributed by atoms with E-state index in [-0.39, 0.29) is 5.91 Å². The Bertz CT molecular complexity index is 1000. The Hall–Kier alpha value is -2.64. The van der Waals surface area contributed by atoms with Gasteiger partial charge >= 0.3 is 0 Å². The van der Waals surface area contributed by atoms with Gasteiger partial charge in [0.1, 0.15) is 0 Å². The van der Waals surface area contributed by atoms with Crippen LogP contribution < -0.4 is 0 Å². The number of hydrogen-bond donors (Lipinski definition) is 0. The van der Waals surface area contributed by atoms with Crippen LogP contribution in [-0.4, -0.2) is 61.4 Å². The molecule has 1 aromatic carbocycles. The number of nitrogens with zero attached hydrogens (tertiary/aromatic N) is 6. The molecule has 2 aromatic heterocycles. The Kier molecular flexibility index (Phi) is 6.20. The fourth-order valence-corrected chi connectivity index (χ4v) is 4.09. The molecule has 4 rings (SSSR count). The van der Waals surface area contributed by atoms with Gasteiger partial charge in [-0.2, -0.15) is 10.2 Å². The van der Waals surface area contributed by atoms with Gasteiger partial charge in [0.25, 0.3) is 0 Å². The lowest BCUT2D eigenvalue weighted by atomic mass is 10.1. The van der Waals surface area contributed by atoms with Crippen LogP contribution in [0.2, 0.25) is 5.02 Å². The average Bonchev–Trinajstić information content (AvgIpc) is 3.31. The van der Waals surface area contributed by atoms with Gasteiger partial charge in [0.15, 0.2) is 0 Å². The SMILES string of the molecule is Cc1nn(-c2ccccc2)c(C)c1CN1CCN(C(=O)CCn2cc(Cl)cn2)CC1. The van der Waals surface area contributed by atoms with E-state index in [1.54, 1.807) is 17.1 Å².